The van der Waals surface area contributed by atoms with E-state index >= 15 is 0 Å². The quantitative estimate of drug-likeness (QED) is 0.610. The second kappa shape index (κ2) is 11.2. The Morgan fingerprint density at radius 3 is 2.30 bits per heavy atom. The molecule has 0 aliphatic carbocycles. The third-order valence-corrected chi connectivity index (χ3v) is 3.64. The summed E-state index contributed by atoms with van der Waals surface area (Å²) in [4.78, 5) is 12.6. The Balaban J connectivity index is 0.00000364. The van der Waals surface area contributed by atoms with E-state index in [1.54, 1.807) is 43.5 Å². The van der Waals surface area contributed by atoms with Crippen LogP contribution in [0, 0.1) is 0 Å². The Labute approximate surface area is 166 Å². The van der Waals surface area contributed by atoms with Gasteiger partial charge in [0.05, 0.1) is 31.7 Å². The number of hydrogen-bond acceptors (Lipinski definition) is 5. The van der Waals surface area contributed by atoms with Gasteiger partial charge in [0.1, 0.15) is 5.75 Å². The van der Waals surface area contributed by atoms with Crippen LogP contribution in [0.4, 0.5) is 11.4 Å². The number of amides is 1. The molecule has 148 valence electrons. The third-order valence-electron chi connectivity index (χ3n) is 3.64. The summed E-state index contributed by atoms with van der Waals surface area (Å²) in [6.45, 7) is 5.20. The first-order valence-corrected chi connectivity index (χ1v) is 8.73. The van der Waals surface area contributed by atoms with Crippen molar-refractivity contribution in [3.8, 4) is 17.2 Å². The van der Waals surface area contributed by atoms with Crippen molar-refractivity contribution < 1.29 is 19.0 Å². The molecule has 0 aliphatic heterocycles. The van der Waals surface area contributed by atoms with Crippen LogP contribution in [0.15, 0.2) is 36.4 Å². The van der Waals surface area contributed by atoms with Gasteiger partial charge >= 0.3 is 0 Å². The Morgan fingerprint density at radius 2 is 1.67 bits per heavy atom. The molecule has 0 aliphatic rings. The largest absolute Gasteiger partial charge is 0.497 e. The molecule has 0 bridgehead atoms. The minimum Gasteiger partial charge on any atom is -0.497 e. The molecule has 2 aromatic carbocycles. The van der Waals surface area contributed by atoms with E-state index in [0.717, 1.165) is 12.8 Å². The van der Waals surface area contributed by atoms with Gasteiger partial charge in [0.2, 0.25) is 0 Å². The molecule has 6 nitrogen and oxygen atoms in total. The molecule has 2 aromatic rings. The Bertz CT molecular complexity index is 753. The van der Waals surface area contributed by atoms with Crippen molar-refractivity contribution in [3.05, 3.63) is 42.0 Å². The van der Waals surface area contributed by atoms with E-state index in [1.807, 2.05) is 13.8 Å². The summed E-state index contributed by atoms with van der Waals surface area (Å²) in [6.07, 6.45) is 1.76. The van der Waals surface area contributed by atoms with Gasteiger partial charge in [-0.3, -0.25) is 4.79 Å². The summed E-state index contributed by atoms with van der Waals surface area (Å²) in [6, 6.07) is 10.3. The van der Waals surface area contributed by atoms with E-state index in [2.05, 4.69) is 5.32 Å². The van der Waals surface area contributed by atoms with Crippen LogP contribution in [0.5, 0.6) is 17.2 Å². The van der Waals surface area contributed by atoms with E-state index in [1.165, 1.54) is 0 Å². The molecule has 27 heavy (non-hydrogen) atoms. The number of benzene rings is 2. The smallest absolute Gasteiger partial charge is 0.255 e. The van der Waals surface area contributed by atoms with Gasteiger partial charge < -0.3 is 25.3 Å². The monoisotopic (exact) mass is 394 g/mol. The van der Waals surface area contributed by atoms with Crippen molar-refractivity contribution in [3.63, 3.8) is 0 Å². The number of nitrogens with two attached hydrogens (primary N) is 1. The fraction of sp³-hybridized carbons (Fsp3) is 0.350. The molecule has 0 saturated heterocycles. The lowest BCUT2D eigenvalue weighted by atomic mass is 10.1. The molecule has 0 spiro atoms. The van der Waals surface area contributed by atoms with Gasteiger partial charge in [-0.15, -0.1) is 12.4 Å². The van der Waals surface area contributed by atoms with Crippen LogP contribution in [0.3, 0.4) is 0 Å². The molecular weight excluding hydrogens is 368 g/mol. The maximum Gasteiger partial charge on any atom is 0.255 e. The molecule has 3 N–H and O–H groups in total. The first kappa shape index (κ1) is 22.4. The zero-order valence-corrected chi connectivity index (χ0v) is 16.7. The standard InChI is InChI=1S/C20H26N2O4.ClH/c1-4-10-25-18-9-6-14(12-19(18)26-11-5-2)20(23)22-17-13-15(24-3)7-8-16(17)21;/h6-9,12-13H,4-5,10-11,21H2,1-3H3,(H,22,23);1H. The summed E-state index contributed by atoms with van der Waals surface area (Å²) in [7, 11) is 1.56. The maximum absolute atomic E-state index is 12.6. The highest BCUT2D eigenvalue weighted by Crippen LogP contribution is 2.30. The molecule has 1 amide bonds. The average molecular weight is 395 g/mol. The summed E-state index contributed by atoms with van der Waals surface area (Å²) < 4.78 is 16.6. The van der Waals surface area contributed by atoms with Crippen LogP contribution in [0.25, 0.3) is 0 Å². The van der Waals surface area contributed by atoms with E-state index in [0.29, 0.717) is 47.4 Å². The van der Waals surface area contributed by atoms with Crippen LogP contribution in [-0.2, 0) is 0 Å². The molecular formula is C20H27ClN2O4. The predicted molar refractivity (Wildman–Crippen MR) is 111 cm³/mol. The van der Waals surface area contributed by atoms with Crippen molar-refractivity contribution in [1.82, 2.24) is 0 Å². The highest BCUT2D eigenvalue weighted by atomic mass is 35.5. The van der Waals surface area contributed by atoms with Gasteiger partial charge in [-0.25, -0.2) is 0 Å². The zero-order chi connectivity index (χ0) is 18.9. The van der Waals surface area contributed by atoms with Crippen molar-refractivity contribution >= 4 is 29.7 Å². The van der Waals surface area contributed by atoms with Crippen molar-refractivity contribution in [2.45, 2.75) is 26.7 Å². The number of anilines is 2. The molecule has 0 atom stereocenters. The van der Waals surface area contributed by atoms with Gasteiger partial charge in [0.15, 0.2) is 11.5 Å². The lowest BCUT2D eigenvalue weighted by Gasteiger charge is -2.14. The maximum atomic E-state index is 12.6. The Morgan fingerprint density at radius 1 is 1.00 bits per heavy atom. The number of halogens is 1. The number of carbonyl (C=O) groups is 1. The van der Waals surface area contributed by atoms with E-state index in [-0.39, 0.29) is 18.3 Å². The van der Waals surface area contributed by atoms with Gasteiger partial charge in [-0.1, -0.05) is 13.8 Å². The highest BCUT2D eigenvalue weighted by Gasteiger charge is 2.13. The van der Waals surface area contributed by atoms with Gasteiger partial charge in [0.25, 0.3) is 5.91 Å². The highest BCUT2D eigenvalue weighted by molar-refractivity contribution is 6.06. The molecule has 0 unspecified atom stereocenters. The summed E-state index contributed by atoms with van der Waals surface area (Å²) in [5.41, 5.74) is 7.35. The second-order valence-corrected chi connectivity index (χ2v) is 5.77. The molecule has 0 saturated carbocycles. The van der Waals surface area contributed by atoms with Crippen LogP contribution in [0.2, 0.25) is 0 Å². The minimum atomic E-state index is -0.284. The number of carbonyl (C=O) groups excluding carboxylic acids is 1. The number of nitrogens with one attached hydrogen (secondary N) is 1. The van der Waals surface area contributed by atoms with Crippen molar-refractivity contribution in [2.75, 3.05) is 31.4 Å². The summed E-state index contributed by atoms with van der Waals surface area (Å²) in [5, 5.41) is 2.81. The molecule has 0 aromatic heterocycles. The number of methoxy groups -OCH3 is 1. The fourth-order valence-corrected chi connectivity index (χ4v) is 2.27. The van der Waals surface area contributed by atoms with Crippen molar-refractivity contribution in [1.29, 1.82) is 0 Å². The molecule has 0 radical (unpaired) electrons. The van der Waals surface area contributed by atoms with Crippen LogP contribution >= 0.6 is 12.4 Å². The first-order chi connectivity index (χ1) is 12.6. The van der Waals surface area contributed by atoms with Gasteiger partial charge in [-0.05, 0) is 43.2 Å². The molecule has 0 heterocycles. The first-order valence-electron chi connectivity index (χ1n) is 8.73. The van der Waals surface area contributed by atoms with Crippen LogP contribution < -0.4 is 25.3 Å². The molecule has 0 fully saturated rings. The Hall–Kier alpha value is -2.60. The van der Waals surface area contributed by atoms with E-state index in [9.17, 15) is 4.79 Å². The number of nitrogen functional groups attached to an aromatic ring is 1. The third kappa shape index (κ3) is 6.25. The second-order valence-electron chi connectivity index (χ2n) is 5.77. The summed E-state index contributed by atoms with van der Waals surface area (Å²) in [5.74, 6) is 1.53. The van der Waals surface area contributed by atoms with Gasteiger partial charge in [-0.2, -0.15) is 0 Å². The van der Waals surface area contributed by atoms with Crippen molar-refractivity contribution in [2.24, 2.45) is 0 Å². The van der Waals surface area contributed by atoms with Crippen LogP contribution in [0.1, 0.15) is 37.0 Å². The van der Waals surface area contributed by atoms with E-state index < -0.39 is 0 Å². The predicted octanol–water partition coefficient (Wildman–Crippen LogP) is 4.53. The van der Waals surface area contributed by atoms with Gasteiger partial charge in [0, 0.05) is 11.6 Å². The number of ether oxygens (including phenoxy) is 3. The lowest BCUT2D eigenvalue weighted by molar-refractivity contribution is 0.102. The van der Waals surface area contributed by atoms with Crippen LogP contribution in [-0.4, -0.2) is 26.2 Å². The molecule has 7 heteroatoms. The number of rotatable bonds is 9. The SMILES string of the molecule is CCCOc1ccc(C(=O)Nc2cc(OC)ccc2N)cc1OCCC.Cl. The zero-order valence-electron chi connectivity index (χ0n) is 15.9. The topological polar surface area (TPSA) is 82.8 Å². The molecule has 2 rings (SSSR count). The average Bonchev–Trinajstić information content (AvgIpc) is 2.66. The van der Waals surface area contributed by atoms with E-state index in [4.69, 9.17) is 19.9 Å². The Kier molecular flexibility index (Phi) is 9.30. The minimum absolute atomic E-state index is 0. The normalized spacial score (nSPS) is 9.89. The summed E-state index contributed by atoms with van der Waals surface area (Å²) >= 11 is 0. The number of hydrogen-bond donors (Lipinski definition) is 2. The fourth-order valence-electron chi connectivity index (χ4n) is 2.27. The lowest BCUT2D eigenvalue weighted by Crippen LogP contribution is -2.14.